The zero-order valence-corrected chi connectivity index (χ0v) is 19.3. The number of anilines is 1. The number of fused-ring (bicyclic) bond motifs is 1. The monoisotopic (exact) mass is 477 g/mol. The molecule has 1 aromatic carbocycles. The molecular formula is C24H19N3O4S2. The van der Waals surface area contributed by atoms with Gasteiger partial charge in [-0.1, -0.05) is 42.2 Å². The maximum absolute atomic E-state index is 12.3. The molecule has 4 aromatic rings. The molecule has 0 aliphatic heterocycles. The van der Waals surface area contributed by atoms with Crippen molar-refractivity contribution in [3.05, 3.63) is 69.5 Å². The molecule has 5 rings (SSSR count). The number of aliphatic carboxylic acids is 1. The van der Waals surface area contributed by atoms with E-state index in [1.807, 2.05) is 42.5 Å². The standard InChI is InChI=1S/C24H19N3O4S2/c1-27-21(26-23(30)31-14-15-5-3-2-4-6-15)16(13-25-27)7-8-17-11-18-19(32-17)12-20(33-18)24(9-10-24)22(28)29/h2-6,11-13H,9-10,14H2,1H3,(H,26,30)(H,28,29). The molecule has 1 amide bonds. The number of thiophene rings is 2. The third-order valence-electron chi connectivity index (χ3n) is 5.53. The molecule has 1 aliphatic carbocycles. The lowest BCUT2D eigenvalue weighted by Gasteiger charge is -2.07. The quantitative estimate of drug-likeness (QED) is 0.396. The number of ether oxygens (including phenoxy) is 1. The summed E-state index contributed by atoms with van der Waals surface area (Å²) in [6, 6.07) is 13.4. The number of nitrogens with one attached hydrogen (secondary N) is 1. The number of aryl methyl sites for hydroxylation is 1. The average Bonchev–Trinajstić information content (AvgIpc) is 3.24. The molecule has 3 aromatic heterocycles. The maximum Gasteiger partial charge on any atom is 0.413 e. The van der Waals surface area contributed by atoms with E-state index in [4.69, 9.17) is 4.74 Å². The van der Waals surface area contributed by atoms with Crippen molar-refractivity contribution in [3.63, 3.8) is 0 Å². The summed E-state index contributed by atoms with van der Waals surface area (Å²) in [6.45, 7) is 0.169. The van der Waals surface area contributed by atoms with Gasteiger partial charge in [-0.2, -0.15) is 5.10 Å². The third-order valence-corrected chi connectivity index (χ3v) is 7.94. The summed E-state index contributed by atoms with van der Waals surface area (Å²) in [5, 5.41) is 16.4. The Morgan fingerprint density at radius 1 is 1.18 bits per heavy atom. The van der Waals surface area contributed by atoms with E-state index in [1.165, 1.54) is 27.4 Å². The number of hydrogen-bond acceptors (Lipinski definition) is 6. The highest BCUT2D eigenvalue weighted by atomic mass is 32.1. The van der Waals surface area contributed by atoms with Crippen LogP contribution in [-0.4, -0.2) is 26.9 Å². The van der Waals surface area contributed by atoms with Crippen molar-refractivity contribution in [1.29, 1.82) is 0 Å². The van der Waals surface area contributed by atoms with Gasteiger partial charge >= 0.3 is 12.1 Å². The van der Waals surface area contributed by atoms with Crippen LogP contribution in [0.25, 0.3) is 9.40 Å². The van der Waals surface area contributed by atoms with Gasteiger partial charge in [0.1, 0.15) is 17.8 Å². The van der Waals surface area contributed by atoms with E-state index < -0.39 is 17.5 Å². The number of rotatable bonds is 5. The van der Waals surface area contributed by atoms with Gasteiger partial charge in [0.2, 0.25) is 0 Å². The van der Waals surface area contributed by atoms with Crippen LogP contribution >= 0.6 is 22.7 Å². The first-order valence-corrected chi connectivity index (χ1v) is 11.9. The first-order valence-electron chi connectivity index (χ1n) is 10.2. The molecule has 0 atom stereocenters. The molecule has 0 unspecified atom stereocenters. The second-order valence-corrected chi connectivity index (χ2v) is 9.97. The number of benzene rings is 1. The molecule has 1 saturated carbocycles. The Hall–Kier alpha value is -3.61. The Morgan fingerprint density at radius 2 is 1.94 bits per heavy atom. The van der Waals surface area contributed by atoms with Crippen molar-refractivity contribution in [3.8, 4) is 11.8 Å². The molecule has 1 fully saturated rings. The van der Waals surface area contributed by atoms with Gasteiger partial charge < -0.3 is 9.84 Å². The lowest BCUT2D eigenvalue weighted by molar-refractivity contribution is -0.139. The minimum Gasteiger partial charge on any atom is -0.481 e. The van der Waals surface area contributed by atoms with Gasteiger partial charge in [-0.3, -0.25) is 14.8 Å². The number of carbonyl (C=O) groups excluding carboxylic acids is 1. The predicted molar refractivity (Wildman–Crippen MR) is 128 cm³/mol. The fraction of sp³-hybridized carbons (Fsp3) is 0.208. The van der Waals surface area contributed by atoms with Crippen LogP contribution < -0.4 is 5.32 Å². The molecule has 166 valence electrons. The summed E-state index contributed by atoms with van der Waals surface area (Å²) in [5.41, 5.74) is 0.796. The Labute approximate surface area is 197 Å². The van der Waals surface area contributed by atoms with Crippen molar-refractivity contribution >= 4 is 50.0 Å². The average molecular weight is 478 g/mol. The van der Waals surface area contributed by atoms with E-state index in [1.54, 1.807) is 13.2 Å². The largest absolute Gasteiger partial charge is 0.481 e. The van der Waals surface area contributed by atoms with Gasteiger partial charge in [-0.05, 0) is 30.5 Å². The zero-order valence-electron chi connectivity index (χ0n) is 17.6. The minimum absolute atomic E-state index is 0.169. The number of aromatic nitrogens is 2. The topological polar surface area (TPSA) is 93.5 Å². The molecule has 0 spiro atoms. The Bertz CT molecular complexity index is 1390. The summed E-state index contributed by atoms with van der Waals surface area (Å²) >= 11 is 3.06. The summed E-state index contributed by atoms with van der Waals surface area (Å²) in [6.07, 6.45) is 2.42. The minimum atomic E-state index is -0.740. The molecule has 33 heavy (non-hydrogen) atoms. The summed E-state index contributed by atoms with van der Waals surface area (Å²) in [4.78, 5) is 25.6. The third kappa shape index (κ3) is 4.23. The zero-order chi connectivity index (χ0) is 23.0. The smallest absolute Gasteiger partial charge is 0.413 e. The number of carboxylic acid groups (broad SMARTS) is 1. The van der Waals surface area contributed by atoms with Gasteiger partial charge in [0.25, 0.3) is 0 Å². The molecule has 0 bridgehead atoms. The van der Waals surface area contributed by atoms with Gasteiger partial charge in [0.05, 0.1) is 16.6 Å². The van der Waals surface area contributed by atoms with Crippen molar-refractivity contribution in [1.82, 2.24) is 9.78 Å². The van der Waals surface area contributed by atoms with Crippen LogP contribution in [-0.2, 0) is 28.6 Å². The number of amides is 1. The molecule has 2 N–H and O–H groups in total. The van der Waals surface area contributed by atoms with Gasteiger partial charge in [0, 0.05) is 21.3 Å². The van der Waals surface area contributed by atoms with E-state index in [-0.39, 0.29) is 6.61 Å². The fourth-order valence-electron chi connectivity index (χ4n) is 3.49. The van der Waals surface area contributed by atoms with Gasteiger partial charge in [-0.25, -0.2) is 4.79 Å². The van der Waals surface area contributed by atoms with Crippen LogP contribution in [0.5, 0.6) is 0 Å². The van der Waals surface area contributed by atoms with E-state index in [0.29, 0.717) is 24.2 Å². The van der Waals surface area contributed by atoms with Crippen molar-refractivity contribution in [2.24, 2.45) is 7.05 Å². The molecule has 3 heterocycles. The lowest BCUT2D eigenvalue weighted by atomic mass is 10.1. The molecule has 0 radical (unpaired) electrons. The van der Waals surface area contributed by atoms with Gasteiger partial charge in [-0.15, -0.1) is 22.7 Å². The summed E-state index contributed by atoms with van der Waals surface area (Å²) < 4.78 is 8.91. The Balaban J connectivity index is 1.29. The Kier molecular flexibility index (Phi) is 5.40. The lowest BCUT2D eigenvalue weighted by Crippen LogP contribution is -2.17. The highest BCUT2D eigenvalue weighted by molar-refractivity contribution is 7.28. The second-order valence-electron chi connectivity index (χ2n) is 7.80. The number of carboxylic acids is 1. The van der Waals surface area contributed by atoms with Crippen LogP contribution in [0.1, 0.15) is 33.7 Å². The van der Waals surface area contributed by atoms with Crippen molar-refractivity contribution in [2.45, 2.75) is 24.9 Å². The summed E-state index contributed by atoms with van der Waals surface area (Å²) in [5.74, 6) is 5.92. The maximum atomic E-state index is 12.3. The Morgan fingerprint density at radius 3 is 2.64 bits per heavy atom. The number of carbonyl (C=O) groups is 2. The van der Waals surface area contributed by atoms with Crippen molar-refractivity contribution < 1.29 is 19.4 Å². The molecule has 0 saturated heterocycles. The van der Waals surface area contributed by atoms with E-state index in [0.717, 1.165) is 24.7 Å². The highest BCUT2D eigenvalue weighted by Crippen LogP contribution is 2.52. The normalized spacial score (nSPS) is 13.8. The van der Waals surface area contributed by atoms with Crippen molar-refractivity contribution in [2.75, 3.05) is 5.32 Å². The van der Waals surface area contributed by atoms with E-state index in [9.17, 15) is 14.7 Å². The molecule has 7 nitrogen and oxygen atoms in total. The number of hydrogen-bond donors (Lipinski definition) is 2. The molecule has 9 heteroatoms. The summed E-state index contributed by atoms with van der Waals surface area (Å²) in [7, 11) is 1.72. The van der Waals surface area contributed by atoms with Crippen LogP contribution in [0.15, 0.2) is 48.7 Å². The van der Waals surface area contributed by atoms with Crippen LogP contribution in [0.2, 0.25) is 0 Å². The van der Waals surface area contributed by atoms with E-state index >= 15 is 0 Å². The first kappa shape index (κ1) is 21.2. The number of nitrogens with zero attached hydrogens (tertiary/aromatic N) is 2. The van der Waals surface area contributed by atoms with E-state index in [2.05, 4.69) is 22.3 Å². The second kappa shape index (κ2) is 8.39. The van der Waals surface area contributed by atoms with Gasteiger partial charge in [0.15, 0.2) is 0 Å². The van der Waals surface area contributed by atoms with Crippen LogP contribution in [0.3, 0.4) is 0 Å². The predicted octanol–water partition coefficient (Wildman–Crippen LogP) is 4.96. The SMILES string of the molecule is Cn1ncc(C#Cc2cc3sc(C4(C(=O)O)CC4)cc3s2)c1NC(=O)OCc1ccccc1. The first-order chi connectivity index (χ1) is 15.9. The highest BCUT2D eigenvalue weighted by Gasteiger charge is 2.53. The molecular weight excluding hydrogens is 458 g/mol. The fourth-order valence-corrected chi connectivity index (χ4v) is 5.97. The van der Waals surface area contributed by atoms with Crippen LogP contribution in [0, 0.1) is 11.8 Å². The molecule has 1 aliphatic rings. The van der Waals surface area contributed by atoms with Crippen LogP contribution in [0.4, 0.5) is 10.6 Å².